The Balaban J connectivity index is 1.99. The highest BCUT2D eigenvalue weighted by atomic mass is 35.5. The van der Waals surface area contributed by atoms with Crippen LogP contribution in [0, 0.1) is 0 Å². The van der Waals surface area contributed by atoms with E-state index in [-0.39, 0.29) is 24.4 Å². The van der Waals surface area contributed by atoms with Gasteiger partial charge in [-0.2, -0.15) is 0 Å². The lowest BCUT2D eigenvalue weighted by Gasteiger charge is -2.34. The molecule has 1 saturated carbocycles. The van der Waals surface area contributed by atoms with Crippen LogP contribution in [-0.4, -0.2) is 50.0 Å². The zero-order valence-electron chi connectivity index (χ0n) is 22.4. The van der Waals surface area contributed by atoms with Crippen molar-refractivity contribution in [3.05, 3.63) is 63.6 Å². The minimum atomic E-state index is -3.82. The molecule has 10 heteroatoms. The lowest BCUT2D eigenvalue weighted by molar-refractivity contribution is -0.140. The summed E-state index contributed by atoms with van der Waals surface area (Å²) < 4.78 is 27.0. The average Bonchev–Trinajstić information content (AvgIpc) is 3.35. The van der Waals surface area contributed by atoms with Crippen molar-refractivity contribution in [1.29, 1.82) is 0 Å². The maximum absolute atomic E-state index is 14.0. The zero-order chi connectivity index (χ0) is 28.0. The Morgan fingerprint density at radius 3 is 2.32 bits per heavy atom. The van der Waals surface area contributed by atoms with Gasteiger partial charge in [0.15, 0.2) is 0 Å². The van der Waals surface area contributed by atoms with E-state index in [9.17, 15) is 18.0 Å². The molecule has 1 aliphatic rings. The van der Waals surface area contributed by atoms with Gasteiger partial charge in [-0.05, 0) is 54.5 Å². The summed E-state index contributed by atoms with van der Waals surface area (Å²) >= 11 is 12.5. The molecule has 0 aliphatic heterocycles. The molecule has 0 saturated heterocycles. The molecule has 0 bridgehead atoms. The first-order chi connectivity index (χ1) is 17.9. The third-order valence-electron chi connectivity index (χ3n) is 6.95. The molecule has 2 aromatic carbocycles. The monoisotopic (exact) mass is 581 g/mol. The maximum Gasteiger partial charge on any atom is 0.244 e. The fourth-order valence-electron chi connectivity index (χ4n) is 4.92. The SMILES string of the molecule is CCC(C(=O)NC1CCCC1)N(Cc1ccc(Cl)cc1Cl)C(=O)CN(c1ccccc1C(C)C)S(C)(=O)=O. The van der Waals surface area contributed by atoms with E-state index in [1.54, 1.807) is 30.3 Å². The van der Waals surface area contributed by atoms with Gasteiger partial charge < -0.3 is 10.2 Å². The number of rotatable bonds is 11. The Morgan fingerprint density at radius 2 is 1.74 bits per heavy atom. The molecule has 0 heterocycles. The predicted octanol–water partition coefficient (Wildman–Crippen LogP) is 5.75. The van der Waals surface area contributed by atoms with E-state index >= 15 is 0 Å². The van der Waals surface area contributed by atoms with E-state index in [0.717, 1.165) is 41.8 Å². The number of amides is 2. The van der Waals surface area contributed by atoms with E-state index in [0.29, 0.717) is 27.7 Å². The van der Waals surface area contributed by atoms with Gasteiger partial charge >= 0.3 is 0 Å². The van der Waals surface area contributed by atoms with E-state index in [1.807, 2.05) is 32.9 Å². The quantitative estimate of drug-likeness (QED) is 0.366. The van der Waals surface area contributed by atoms with E-state index < -0.39 is 28.5 Å². The highest BCUT2D eigenvalue weighted by Gasteiger charge is 2.34. The van der Waals surface area contributed by atoms with E-state index in [2.05, 4.69) is 5.32 Å². The van der Waals surface area contributed by atoms with Gasteiger partial charge in [0.1, 0.15) is 12.6 Å². The van der Waals surface area contributed by atoms with Crippen LogP contribution in [0.1, 0.15) is 69.9 Å². The molecule has 1 unspecified atom stereocenters. The third-order valence-corrected chi connectivity index (χ3v) is 8.66. The summed E-state index contributed by atoms with van der Waals surface area (Å²) in [5.74, 6) is -0.699. The third kappa shape index (κ3) is 7.64. The average molecular weight is 583 g/mol. The highest BCUT2D eigenvalue weighted by Crippen LogP contribution is 2.30. The van der Waals surface area contributed by atoms with Gasteiger partial charge in [0.2, 0.25) is 21.8 Å². The Hall–Kier alpha value is -2.29. The van der Waals surface area contributed by atoms with Gasteiger partial charge in [-0.3, -0.25) is 13.9 Å². The first kappa shape index (κ1) is 30.3. The normalized spacial score (nSPS) is 14.9. The molecule has 0 radical (unpaired) electrons. The van der Waals surface area contributed by atoms with Crippen molar-refractivity contribution in [2.45, 2.75) is 77.4 Å². The number of halogens is 2. The van der Waals surface area contributed by atoms with E-state index in [4.69, 9.17) is 23.2 Å². The standard InChI is InChI=1S/C28H37Cl2N3O4S/c1-5-25(28(35)31-22-10-6-7-11-22)32(17-20-14-15-21(29)16-24(20)30)27(34)18-33(38(4,36)37)26-13-9-8-12-23(26)19(2)3/h8-9,12-16,19,22,25H,5-7,10-11,17-18H2,1-4H3,(H,31,35). The molecule has 0 spiro atoms. The summed E-state index contributed by atoms with van der Waals surface area (Å²) in [6.07, 6.45) is 5.38. The van der Waals surface area contributed by atoms with Crippen molar-refractivity contribution in [3.8, 4) is 0 Å². The summed E-state index contributed by atoms with van der Waals surface area (Å²) in [5, 5.41) is 3.92. The van der Waals surface area contributed by atoms with Crippen molar-refractivity contribution in [2.24, 2.45) is 0 Å². The van der Waals surface area contributed by atoms with Gasteiger partial charge in [-0.1, -0.05) is 81.1 Å². The molecular formula is C28H37Cl2N3O4S. The molecule has 38 heavy (non-hydrogen) atoms. The molecule has 0 aromatic heterocycles. The zero-order valence-corrected chi connectivity index (χ0v) is 24.7. The number of benzene rings is 2. The Morgan fingerprint density at radius 1 is 1.08 bits per heavy atom. The second-order valence-corrected chi connectivity index (χ2v) is 12.9. The molecule has 1 N–H and O–H groups in total. The summed E-state index contributed by atoms with van der Waals surface area (Å²) in [4.78, 5) is 28.8. The van der Waals surface area contributed by atoms with E-state index in [1.165, 1.54) is 4.90 Å². The smallest absolute Gasteiger partial charge is 0.244 e. The number of para-hydroxylation sites is 1. The van der Waals surface area contributed by atoms with Gasteiger partial charge in [0, 0.05) is 22.6 Å². The number of anilines is 1. The highest BCUT2D eigenvalue weighted by molar-refractivity contribution is 7.92. The van der Waals surface area contributed by atoms with Crippen LogP contribution in [0.5, 0.6) is 0 Å². The number of carbonyl (C=O) groups is 2. The fraction of sp³-hybridized carbons (Fsp3) is 0.500. The predicted molar refractivity (Wildman–Crippen MR) is 154 cm³/mol. The van der Waals surface area contributed by atoms with Crippen molar-refractivity contribution in [3.63, 3.8) is 0 Å². The maximum atomic E-state index is 14.0. The summed E-state index contributed by atoms with van der Waals surface area (Å²) in [6.45, 7) is 5.37. The van der Waals surface area contributed by atoms with Crippen LogP contribution < -0.4 is 9.62 Å². The van der Waals surface area contributed by atoms with Crippen molar-refractivity contribution < 1.29 is 18.0 Å². The summed E-state index contributed by atoms with van der Waals surface area (Å²) in [6, 6.07) is 11.4. The Kier molecular flexibility index (Phi) is 10.5. The Labute approximate surface area is 236 Å². The number of hydrogen-bond acceptors (Lipinski definition) is 4. The van der Waals surface area contributed by atoms with Crippen molar-refractivity contribution in [2.75, 3.05) is 17.1 Å². The molecule has 1 fully saturated rings. The molecule has 1 aliphatic carbocycles. The number of hydrogen-bond donors (Lipinski definition) is 1. The minimum Gasteiger partial charge on any atom is -0.352 e. The van der Waals surface area contributed by atoms with Crippen LogP contribution >= 0.6 is 23.2 Å². The molecular weight excluding hydrogens is 545 g/mol. The molecule has 3 rings (SSSR count). The number of nitrogens with one attached hydrogen (secondary N) is 1. The molecule has 208 valence electrons. The van der Waals surface area contributed by atoms with Gasteiger partial charge in [-0.15, -0.1) is 0 Å². The number of nitrogens with zero attached hydrogens (tertiary/aromatic N) is 2. The van der Waals surface area contributed by atoms with Gasteiger partial charge in [-0.25, -0.2) is 8.42 Å². The van der Waals surface area contributed by atoms with Crippen LogP contribution in [0.2, 0.25) is 10.0 Å². The summed E-state index contributed by atoms with van der Waals surface area (Å²) in [7, 11) is -3.82. The first-order valence-electron chi connectivity index (χ1n) is 13.0. The van der Waals surface area contributed by atoms with Crippen LogP contribution in [-0.2, 0) is 26.2 Å². The van der Waals surface area contributed by atoms with Crippen LogP contribution in [0.15, 0.2) is 42.5 Å². The first-order valence-corrected chi connectivity index (χ1v) is 15.6. The van der Waals surface area contributed by atoms with Crippen LogP contribution in [0.25, 0.3) is 0 Å². The van der Waals surface area contributed by atoms with Gasteiger partial charge in [0.05, 0.1) is 11.9 Å². The molecule has 7 nitrogen and oxygen atoms in total. The second-order valence-electron chi connectivity index (χ2n) is 10.2. The largest absolute Gasteiger partial charge is 0.352 e. The topological polar surface area (TPSA) is 86.8 Å². The second kappa shape index (κ2) is 13.2. The van der Waals surface area contributed by atoms with Crippen molar-refractivity contribution >= 4 is 50.7 Å². The molecule has 2 aromatic rings. The van der Waals surface area contributed by atoms with Crippen molar-refractivity contribution in [1.82, 2.24) is 10.2 Å². The molecule has 1 atom stereocenters. The van der Waals surface area contributed by atoms with Crippen LogP contribution in [0.4, 0.5) is 5.69 Å². The number of carbonyl (C=O) groups excluding carboxylic acids is 2. The lowest BCUT2D eigenvalue weighted by Crippen LogP contribution is -2.53. The molecule has 2 amide bonds. The van der Waals surface area contributed by atoms with Crippen LogP contribution in [0.3, 0.4) is 0 Å². The minimum absolute atomic E-state index is 0.0366. The van der Waals surface area contributed by atoms with Gasteiger partial charge in [0.25, 0.3) is 0 Å². The Bertz CT molecular complexity index is 1250. The summed E-state index contributed by atoms with van der Waals surface area (Å²) in [5.41, 5.74) is 1.88. The number of sulfonamides is 1. The fourth-order valence-corrected chi connectivity index (χ4v) is 6.25. The lowest BCUT2D eigenvalue weighted by atomic mass is 10.0.